The van der Waals surface area contributed by atoms with E-state index in [0.29, 0.717) is 22.8 Å². The van der Waals surface area contributed by atoms with Crippen LogP contribution in [0.2, 0.25) is 0 Å². The first kappa shape index (κ1) is 15.8. The van der Waals surface area contributed by atoms with Crippen LogP contribution in [0.3, 0.4) is 0 Å². The lowest BCUT2D eigenvalue weighted by molar-refractivity contribution is -0.127. The van der Waals surface area contributed by atoms with Crippen LogP contribution in [0.4, 0.5) is 0 Å². The summed E-state index contributed by atoms with van der Waals surface area (Å²) in [6.45, 7) is 0. The zero-order chi connectivity index (χ0) is 17.7. The van der Waals surface area contributed by atoms with E-state index in [-0.39, 0.29) is 35.1 Å². The normalized spacial score (nSPS) is 30.3. The number of amides is 1. The Kier molecular flexibility index (Phi) is 3.69. The first-order valence-corrected chi connectivity index (χ1v) is 9.68. The standard InChI is InChI=1S/C21H23N3O2/c25-20-15-7-3-4-8-16(15)23-19(24-20)17-12-9-10-13(11-12)18(17)21(26)22-14-5-1-2-6-14/h3-4,7-10,12-14,17-18H,1-2,5-6,11H2,(H,22,26)(H,23,24,25)/t12-,13+,17+,18+/m0/s1. The smallest absolute Gasteiger partial charge is 0.258 e. The lowest BCUT2D eigenvalue weighted by Crippen LogP contribution is -2.41. The van der Waals surface area contributed by atoms with Crippen molar-refractivity contribution in [3.05, 3.63) is 52.6 Å². The van der Waals surface area contributed by atoms with Gasteiger partial charge in [-0.2, -0.15) is 0 Å². The molecule has 0 saturated heterocycles. The van der Waals surface area contributed by atoms with Crippen molar-refractivity contribution in [3.8, 4) is 0 Å². The van der Waals surface area contributed by atoms with Gasteiger partial charge >= 0.3 is 0 Å². The Balaban J connectivity index is 1.51. The summed E-state index contributed by atoms with van der Waals surface area (Å²) in [6.07, 6.45) is 9.92. The highest BCUT2D eigenvalue weighted by atomic mass is 16.2. The molecule has 1 amide bonds. The third kappa shape index (κ3) is 2.49. The van der Waals surface area contributed by atoms with Gasteiger partial charge in [-0.3, -0.25) is 9.59 Å². The SMILES string of the molecule is O=C(NC1CCCC1)[C@H]1[C@H](c2nc3ccccc3c(=O)[nH]2)[C@H]2C=C[C@@H]1C2. The number of hydrogen-bond acceptors (Lipinski definition) is 3. The fraction of sp³-hybridized carbons (Fsp3) is 0.476. The Bertz CT molecular complexity index is 942. The van der Waals surface area contributed by atoms with Crippen LogP contribution >= 0.6 is 0 Å². The summed E-state index contributed by atoms with van der Waals surface area (Å²) in [4.78, 5) is 33.3. The van der Waals surface area contributed by atoms with E-state index >= 15 is 0 Å². The maximum absolute atomic E-state index is 13.1. The van der Waals surface area contributed by atoms with Crippen molar-refractivity contribution >= 4 is 16.8 Å². The second kappa shape index (κ2) is 6.08. The van der Waals surface area contributed by atoms with Gasteiger partial charge < -0.3 is 10.3 Å². The highest BCUT2D eigenvalue weighted by molar-refractivity contribution is 5.82. The van der Waals surface area contributed by atoms with Gasteiger partial charge in [-0.05, 0) is 43.2 Å². The molecule has 0 spiro atoms. The van der Waals surface area contributed by atoms with Crippen molar-refractivity contribution in [1.82, 2.24) is 15.3 Å². The average Bonchev–Trinajstić information content (AvgIpc) is 3.38. The number of hydrogen-bond donors (Lipinski definition) is 2. The van der Waals surface area contributed by atoms with Crippen LogP contribution in [-0.2, 0) is 4.79 Å². The van der Waals surface area contributed by atoms with Crippen LogP contribution < -0.4 is 10.9 Å². The summed E-state index contributed by atoms with van der Waals surface area (Å²) in [7, 11) is 0. The molecule has 1 aromatic carbocycles. The van der Waals surface area contributed by atoms with Crippen LogP contribution in [0.15, 0.2) is 41.2 Å². The fourth-order valence-electron chi connectivity index (χ4n) is 5.18. The van der Waals surface area contributed by atoms with Gasteiger partial charge in [0.25, 0.3) is 5.56 Å². The van der Waals surface area contributed by atoms with Gasteiger partial charge in [-0.25, -0.2) is 4.98 Å². The second-order valence-electron chi connectivity index (χ2n) is 7.96. The Morgan fingerprint density at radius 2 is 1.88 bits per heavy atom. The number of allylic oxidation sites excluding steroid dienone is 2. The van der Waals surface area contributed by atoms with E-state index in [1.54, 1.807) is 6.07 Å². The number of rotatable bonds is 3. The maximum Gasteiger partial charge on any atom is 0.258 e. The topological polar surface area (TPSA) is 74.8 Å². The molecule has 2 saturated carbocycles. The van der Waals surface area contributed by atoms with Crippen molar-refractivity contribution in [2.45, 2.75) is 44.1 Å². The van der Waals surface area contributed by atoms with Crippen molar-refractivity contribution in [1.29, 1.82) is 0 Å². The molecule has 2 bridgehead atoms. The van der Waals surface area contributed by atoms with Crippen molar-refractivity contribution < 1.29 is 4.79 Å². The van der Waals surface area contributed by atoms with E-state index < -0.39 is 0 Å². The Morgan fingerprint density at radius 1 is 1.12 bits per heavy atom. The minimum Gasteiger partial charge on any atom is -0.353 e. The molecule has 26 heavy (non-hydrogen) atoms. The lowest BCUT2D eigenvalue weighted by atomic mass is 9.81. The Hall–Kier alpha value is -2.43. The molecule has 2 aromatic rings. The molecule has 4 atom stereocenters. The summed E-state index contributed by atoms with van der Waals surface area (Å²) >= 11 is 0. The van der Waals surface area contributed by atoms with Gasteiger partial charge in [0.05, 0.1) is 16.8 Å². The molecule has 0 radical (unpaired) electrons. The third-order valence-corrected chi connectivity index (χ3v) is 6.41. The van der Waals surface area contributed by atoms with Gasteiger partial charge in [0.15, 0.2) is 0 Å². The van der Waals surface area contributed by atoms with Crippen LogP contribution in [0, 0.1) is 17.8 Å². The van der Waals surface area contributed by atoms with Crippen LogP contribution in [0.1, 0.15) is 43.8 Å². The van der Waals surface area contributed by atoms with Crippen molar-refractivity contribution in [2.24, 2.45) is 17.8 Å². The van der Waals surface area contributed by atoms with Crippen molar-refractivity contribution in [2.75, 3.05) is 0 Å². The quantitative estimate of drug-likeness (QED) is 0.837. The molecule has 2 N–H and O–H groups in total. The number of benzene rings is 1. The van der Waals surface area contributed by atoms with Crippen molar-refractivity contribution in [3.63, 3.8) is 0 Å². The molecule has 5 heteroatoms. The second-order valence-corrected chi connectivity index (χ2v) is 7.96. The van der Waals surface area contributed by atoms with E-state index in [0.717, 1.165) is 19.3 Å². The van der Waals surface area contributed by atoms with Gasteiger partial charge in [0.2, 0.25) is 5.91 Å². The Labute approximate surface area is 151 Å². The summed E-state index contributed by atoms with van der Waals surface area (Å²) in [6, 6.07) is 7.70. The molecular formula is C21H23N3O2. The third-order valence-electron chi connectivity index (χ3n) is 6.41. The minimum absolute atomic E-state index is 0.0382. The molecule has 1 heterocycles. The maximum atomic E-state index is 13.1. The molecule has 3 aliphatic carbocycles. The van der Waals surface area contributed by atoms with Crippen LogP contribution in [0.5, 0.6) is 0 Å². The number of fused-ring (bicyclic) bond motifs is 3. The van der Waals surface area contributed by atoms with Gasteiger partial charge in [0.1, 0.15) is 5.82 Å². The molecule has 2 fully saturated rings. The van der Waals surface area contributed by atoms with E-state index in [4.69, 9.17) is 4.98 Å². The molecule has 0 unspecified atom stereocenters. The molecule has 134 valence electrons. The number of aromatic nitrogens is 2. The van der Waals surface area contributed by atoms with E-state index in [9.17, 15) is 9.59 Å². The number of carbonyl (C=O) groups is 1. The average molecular weight is 349 g/mol. The number of para-hydroxylation sites is 1. The number of carbonyl (C=O) groups excluding carboxylic acids is 1. The molecule has 3 aliphatic rings. The summed E-state index contributed by atoms with van der Waals surface area (Å²) < 4.78 is 0. The molecule has 5 rings (SSSR count). The zero-order valence-electron chi connectivity index (χ0n) is 14.7. The predicted molar refractivity (Wildman–Crippen MR) is 99.7 cm³/mol. The van der Waals surface area contributed by atoms with Gasteiger partial charge in [-0.15, -0.1) is 0 Å². The summed E-state index contributed by atoms with van der Waals surface area (Å²) in [5.41, 5.74) is 0.584. The van der Waals surface area contributed by atoms with Crippen LogP contribution in [0.25, 0.3) is 10.9 Å². The van der Waals surface area contributed by atoms with E-state index in [1.807, 2.05) is 18.2 Å². The number of H-pyrrole nitrogens is 1. The molecule has 0 aliphatic heterocycles. The highest BCUT2D eigenvalue weighted by Crippen LogP contribution is 2.52. The van der Waals surface area contributed by atoms with Gasteiger partial charge in [0, 0.05) is 12.0 Å². The van der Waals surface area contributed by atoms with Crippen LogP contribution in [-0.4, -0.2) is 21.9 Å². The Morgan fingerprint density at radius 3 is 2.73 bits per heavy atom. The number of aromatic amines is 1. The zero-order valence-corrected chi connectivity index (χ0v) is 14.7. The highest BCUT2D eigenvalue weighted by Gasteiger charge is 2.50. The monoisotopic (exact) mass is 349 g/mol. The van der Waals surface area contributed by atoms with E-state index in [1.165, 1.54) is 12.8 Å². The summed E-state index contributed by atoms with van der Waals surface area (Å²) in [5, 5.41) is 3.86. The first-order valence-electron chi connectivity index (χ1n) is 9.68. The molecular weight excluding hydrogens is 326 g/mol. The molecule has 5 nitrogen and oxygen atoms in total. The number of nitrogens with one attached hydrogen (secondary N) is 2. The fourth-order valence-corrected chi connectivity index (χ4v) is 5.18. The van der Waals surface area contributed by atoms with Gasteiger partial charge in [-0.1, -0.05) is 37.1 Å². The van der Waals surface area contributed by atoms with E-state index in [2.05, 4.69) is 22.5 Å². The summed E-state index contributed by atoms with van der Waals surface area (Å²) in [5.74, 6) is 1.16. The first-order chi connectivity index (χ1) is 12.7. The lowest BCUT2D eigenvalue weighted by Gasteiger charge is -2.27. The predicted octanol–water partition coefficient (Wildman–Crippen LogP) is 2.89. The largest absolute Gasteiger partial charge is 0.353 e. The number of nitrogens with zero attached hydrogens (tertiary/aromatic N) is 1. The minimum atomic E-state index is -0.130. The molecule has 1 aromatic heterocycles.